The van der Waals surface area contributed by atoms with Crippen LogP contribution >= 0.6 is 11.3 Å². The van der Waals surface area contributed by atoms with E-state index in [0.717, 1.165) is 36.2 Å². The molecule has 0 spiro atoms. The highest BCUT2D eigenvalue weighted by molar-refractivity contribution is 7.15. The first-order valence-electron chi connectivity index (χ1n) is 5.90. The maximum Gasteiger partial charge on any atom is 0.205 e. The Kier molecular flexibility index (Phi) is 4.12. The Morgan fingerprint density at radius 2 is 2.38 bits per heavy atom. The lowest BCUT2D eigenvalue weighted by atomic mass is 10.1. The molecule has 1 aromatic heterocycles. The van der Waals surface area contributed by atoms with E-state index in [9.17, 15) is 0 Å². The minimum absolute atomic E-state index is 0.411. The summed E-state index contributed by atoms with van der Waals surface area (Å²) < 4.78 is 5.42. The van der Waals surface area contributed by atoms with Crippen LogP contribution in [-0.4, -0.2) is 29.5 Å². The van der Waals surface area contributed by atoms with Gasteiger partial charge in [0.1, 0.15) is 5.01 Å². The topological polar surface area (TPSA) is 47.0 Å². The van der Waals surface area contributed by atoms with Crippen molar-refractivity contribution in [3.63, 3.8) is 0 Å². The molecule has 0 bridgehead atoms. The van der Waals surface area contributed by atoms with Gasteiger partial charge in [-0.2, -0.15) is 0 Å². The van der Waals surface area contributed by atoms with Crippen molar-refractivity contribution in [3.05, 3.63) is 5.01 Å². The zero-order valence-electron chi connectivity index (χ0n) is 9.90. The summed E-state index contributed by atoms with van der Waals surface area (Å²) in [5, 5.41) is 13.8. The molecule has 1 aliphatic heterocycles. The summed E-state index contributed by atoms with van der Waals surface area (Å²) in [6.45, 7) is 6.08. The first-order valence-corrected chi connectivity index (χ1v) is 6.72. The van der Waals surface area contributed by atoms with Crippen molar-refractivity contribution in [1.29, 1.82) is 0 Å². The molecule has 1 fully saturated rings. The van der Waals surface area contributed by atoms with Crippen LogP contribution in [0.1, 0.15) is 31.7 Å². The monoisotopic (exact) mass is 241 g/mol. The fourth-order valence-corrected chi connectivity index (χ4v) is 2.80. The average molecular weight is 241 g/mol. The van der Waals surface area contributed by atoms with Crippen molar-refractivity contribution in [2.24, 2.45) is 5.92 Å². The first-order chi connectivity index (χ1) is 7.74. The number of anilines is 1. The quantitative estimate of drug-likeness (QED) is 0.879. The molecule has 2 rings (SSSR count). The molecule has 1 N–H and O–H groups in total. The van der Waals surface area contributed by atoms with E-state index in [1.54, 1.807) is 11.3 Å². The molecule has 1 aromatic rings. The van der Waals surface area contributed by atoms with Gasteiger partial charge in [0.05, 0.1) is 12.6 Å². The largest absolute Gasteiger partial charge is 0.379 e. The van der Waals surface area contributed by atoms with Crippen molar-refractivity contribution in [3.8, 4) is 0 Å². The summed E-state index contributed by atoms with van der Waals surface area (Å²) in [7, 11) is 0. The third kappa shape index (κ3) is 3.42. The summed E-state index contributed by atoms with van der Waals surface area (Å²) in [6, 6.07) is 0.411. The molecular weight excluding hydrogens is 222 g/mol. The molecule has 16 heavy (non-hydrogen) atoms. The highest BCUT2D eigenvalue weighted by Crippen LogP contribution is 2.20. The Morgan fingerprint density at radius 1 is 1.50 bits per heavy atom. The molecule has 2 heterocycles. The van der Waals surface area contributed by atoms with Crippen LogP contribution in [0, 0.1) is 5.92 Å². The minimum atomic E-state index is 0.411. The first kappa shape index (κ1) is 11.8. The van der Waals surface area contributed by atoms with Crippen molar-refractivity contribution < 1.29 is 4.74 Å². The lowest BCUT2D eigenvalue weighted by molar-refractivity contribution is 0.0876. The van der Waals surface area contributed by atoms with Gasteiger partial charge >= 0.3 is 0 Å². The molecule has 0 aliphatic carbocycles. The molecular formula is C11H19N3OS. The molecule has 1 unspecified atom stereocenters. The summed E-state index contributed by atoms with van der Waals surface area (Å²) in [6.07, 6.45) is 3.31. The summed E-state index contributed by atoms with van der Waals surface area (Å²) in [5.41, 5.74) is 0. The second-order valence-corrected chi connectivity index (χ2v) is 5.72. The molecule has 1 saturated heterocycles. The van der Waals surface area contributed by atoms with Crippen LogP contribution in [-0.2, 0) is 11.2 Å². The van der Waals surface area contributed by atoms with Gasteiger partial charge in [0.25, 0.3) is 0 Å². The molecule has 1 aliphatic rings. The van der Waals surface area contributed by atoms with Crippen molar-refractivity contribution >= 4 is 16.5 Å². The molecule has 1 atom stereocenters. The Bertz CT molecular complexity index is 321. The van der Waals surface area contributed by atoms with Gasteiger partial charge in [-0.3, -0.25) is 0 Å². The van der Waals surface area contributed by atoms with Crippen molar-refractivity contribution in [1.82, 2.24) is 10.2 Å². The number of nitrogens with one attached hydrogen (secondary N) is 1. The number of rotatable bonds is 4. The number of hydrogen-bond acceptors (Lipinski definition) is 5. The van der Waals surface area contributed by atoms with Crippen LogP contribution in [0.2, 0.25) is 0 Å². The van der Waals surface area contributed by atoms with Crippen LogP contribution in [0.15, 0.2) is 0 Å². The van der Waals surface area contributed by atoms with Crippen LogP contribution < -0.4 is 5.32 Å². The highest BCUT2D eigenvalue weighted by Gasteiger charge is 2.15. The van der Waals surface area contributed by atoms with Gasteiger partial charge < -0.3 is 10.1 Å². The van der Waals surface area contributed by atoms with Gasteiger partial charge in [-0.15, -0.1) is 10.2 Å². The van der Waals surface area contributed by atoms with E-state index in [-0.39, 0.29) is 0 Å². The van der Waals surface area contributed by atoms with Crippen molar-refractivity contribution in [2.75, 3.05) is 18.5 Å². The maximum atomic E-state index is 5.42. The lowest BCUT2D eigenvalue weighted by Gasteiger charge is -2.22. The Hall–Kier alpha value is -0.680. The zero-order valence-corrected chi connectivity index (χ0v) is 10.7. The van der Waals surface area contributed by atoms with Crippen LogP contribution in [0.5, 0.6) is 0 Å². The van der Waals surface area contributed by atoms with Gasteiger partial charge in [-0.05, 0) is 18.8 Å². The van der Waals surface area contributed by atoms with E-state index < -0.39 is 0 Å². The van der Waals surface area contributed by atoms with Gasteiger partial charge in [-0.1, -0.05) is 25.2 Å². The third-order valence-electron chi connectivity index (χ3n) is 2.54. The summed E-state index contributed by atoms with van der Waals surface area (Å²) >= 11 is 1.67. The molecule has 0 amide bonds. The fourth-order valence-electron chi connectivity index (χ4n) is 1.77. The third-order valence-corrected chi connectivity index (χ3v) is 3.41. The highest BCUT2D eigenvalue weighted by atomic mass is 32.1. The van der Waals surface area contributed by atoms with E-state index in [4.69, 9.17) is 4.74 Å². The van der Waals surface area contributed by atoms with E-state index >= 15 is 0 Å². The van der Waals surface area contributed by atoms with E-state index in [1.807, 2.05) is 0 Å². The lowest BCUT2D eigenvalue weighted by Crippen LogP contribution is -2.29. The van der Waals surface area contributed by atoms with E-state index in [1.165, 1.54) is 6.42 Å². The van der Waals surface area contributed by atoms with E-state index in [2.05, 4.69) is 29.4 Å². The Labute approximate surface area is 100 Å². The fraction of sp³-hybridized carbons (Fsp3) is 0.818. The number of ether oxygens (including phenoxy) is 1. The van der Waals surface area contributed by atoms with Gasteiger partial charge in [0.15, 0.2) is 0 Å². The average Bonchev–Trinajstić information content (AvgIpc) is 2.66. The smallest absolute Gasteiger partial charge is 0.205 e. The van der Waals surface area contributed by atoms with Crippen LogP contribution in [0.25, 0.3) is 0 Å². The maximum absolute atomic E-state index is 5.42. The van der Waals surface area contributed by atoms with E-state index in [0.29, 0.717) is 12.0 Å². The second kappa shape index (κ2) is 5.59. The molecule has 0 aromatic carbocycles. The standard InChI is InChI=1S/C11H19N3OS/c1-8(2)6-10-13-14-11(16-10)12-9-4-3-5-15-7-9/h8-9H,3-7H2,1-2H3,(H,12,14). The Morgan fingerprint density at radius 3 is 3.06 bits per heavy atom. The predicted molar refractivity (Wildman–Crippen MR) is 65.9 cm³/mol. The van der Waals surface area contributed by atoms with Gasteiger partial charge in [0, 0.05) is 13.0 Å². The summed E-state index contributed by atoms with van der Waals surface area (Å²) in [5.74, 6) is 0.638. The molecule has 0 saturated carbocycles. The summed E-state index contributed by atoms with van der Waals surface area (Å²) in [4.78, 5) is 0. The predicted octanol–water partition coefficient (Wildman–Crippen LogP) is 2.33. The number of hydrogen-bond donors (Lipinski definition) is 1. The number of nitrogens with zero attached hydrogens (tertiary/aromatic N) is 2. The minimum Gasteiger partial charge on any atom is -0.379 e. The normalized spacial score (nSPS) is 21.3. The molecule has 0 radical (unpaired) electrons. The van der Waals surface area contributed by atoms with Gasteiger partial charge in [-0.25, -0.2) is 0 Å². The Balaban J connectivity index is 1.86. The van der Waals surface area contributed by atoms with Crippen LogP contribution in [0.3, 0.4) is 0 Å². The zero-order chi connectivity index (χ0) is 11.4. The SMILES string of the molecule is CC(C)Cc1nnc(NC2CCCOC2)s1. The molecule has 5 heteroatoms. The van der Waals surface area contributed by atoms with Crippen LogP contribution in [0.4, 0.5) is 5.13 Å². The van der Waals surface area contributed by atoms with Crippen molar-refractivity contribution in [2.45, 2.75) is 39.2 Å². The second-order valence-electron chi connectivity index (χ2n) is 4.66. The number of aromatic nitrogens is 2. The molecule has 4 nitrogen and oxygen atoms in total. The van der Waals surface area contributed by atoms with Gasteiger partial charge in [0.2, 0.25) is 5.13 Å². The molecule has 90 valence electrons.